The van der Waals surface area contributed by atoms with Gasteiger partial charge in [0.1, 0.15) is 0 Å². The minimum Gasteiger partial charge on any atom is -0.317 e. The molecule has 1 saturated carbocycles. The zero-order chi connectivity index (χ0) is 10.7. The van der Waals surface area contributed by atoms with Crippen molar-refractivity contribution in [2.45, 2.75) is 44.1 Å². The third-order valence-corrected chi connectivity index (χ3v) is 4.87. The molecule has 1 nitrogen and oxygen atoms in total. The maximum Gasteiger partial charge on any atom is 0.0547 e. The molecule has 0 radical (unpaired) electrons. The van der Waals surface area contributed by atoms with E-state index in [1.165, 1.54) is 37.0 Å². The fourth-order valence-electron chi connectivity index (χ4n) is 2.46. The molecule has 1 aliphatic carbocycles. The maximum absolute atomic E-state index is 6.21. The second-order valence-electron chi connectivity index (χ2n) is 4.34. The monoisotopic (exact) mass is 243 g/mol. The zero-order valence-corrected chi connectivity index (χ0v) is 10.7. The van der Waals surface area contributed by atoms with E-state index in [0.717, 1.165) is 5.02 Å². The minimum atomic E-state index is 0.677. The molecule has 2 unspecified atom stereocenters. The van der Waals surface area contributed by atoms with Gasteiger partial charge in [-0.25, -0.2) is 0 Å². The third kappa shape index (κ3) is 2.74. The molecule has 3 heteroatoms. The Morgan fingerprint density at radius 3 is 2.87 bits per heavy atom. The van der Waals surface area contributed by atoms with Crippen molar-refractivity contribution in [2.24, 2.45) is 0 Å². The van der Waals surface area contributed by atoms with Crippen molar-refractivity contribution in [3.05, 3.63) is 21.3 Å². The van der Waals surface area contributed by atoms with Crippen LogP contribution in [-0.4, -0.2) is 13.1 Å². The molecule has 1 heterocycles. The number of halogens is 1. The van der Waals surface area contributed by atoms with Gasteiger partial charge in [-0.2, -0.15) is 0 Å². The molecule has 1 fully saturated rings. The normalized spacial score (nSPS) is 27.6. The summed E-state index contributed by atoms with van der Waals surface area (Å²) in [7, 11) is 2.07. The smallest absolute Gasteiger partial charge is 0.0547 e. The predicted molar refractivity (Wildman–Crippen MR) is 68.0 cm³/mol. The van der Waals surface area contributed by atoms with E-state index < -0.39 is 0 Å². The summed E-state index contributed by atoms with van der Waals surface area (Å²) in [6.07, 6.45) is 6.56. The van der Waals surface area contributed by atoms with E-state index in [9.17, 15) is 0 Å². The van der Waals surface area contributed by atoms with Gasteiger partial charge in [0.05, 0.1) is 5.02 Å². The topological polar surface area (TPSA) is 12.0 Å². The molecule has 15 heavy (non-hydrogen) atoms. The average Bonchev–Trinajstić information content (AvgIpc) is 2.54. The first-order valence-corrected chi connectivity index (χ1v) is 6.97. The summed E-state index contributed by atoms with van der Waals surface area (Å²) in [5.74, 6) is 0.678. The summed E-state index contributed by atoms with van der Waals surface area (Å²) < 4.78 is 0. The van der Waals surface area contributed by atoms with Crippen molar-refractivity contribution in [2.75, 3.05) is 7.05 Å². The Balaban J connectivity index is 2.10. The number of hydrogen-bond donors (Lipinski definition) is 1. The molecule has 0 amide bonds. The number of nitrogens with one attached hydrogen (secondary N) is 1. The molecule has 84 valence electrons. The molecule has 2 atom stereocenters. The molecule has 1 aromatic rings. The van der Waals surface area contributed by atoms with E-state index in [0.29, 0.717) is 12.0 Å². The highest BCUT2D eigenvalue weighted by Gasteiger charge is 2.22. The minimum absolute atomic E-state index is 0.677. The van der Waals surface area contributed by atoms with E-state index in [2.05, 4.69) is 17.7 Å². The zero-order valence-electron chi connectivity index (χ0n) is 9.13. The summed E-state index contributed by atoms with van der Waals surface area (Å²) in [5, 5.41) is 6.50. The Kier molecular flexibility index (Phi) is 4.06. The molecule has 0 spiro atoms. The van der Waals surface area contributed by atoms with Crippen LogP contribution < -0.4 is 5.32 Å². The molecule has 1 N–H and O–H groups in total. The number of thiophene rings is 1. The SMILES string of the molecule is CNC1CCCCC(c2sccc2Cl)C1. The van der Waals surface area contributed by atoms with E-state index >= 15 is 0 Å². The first kappa shape index (κ1) is 11.4. The highest BCUT2D eigenvalue weighted by molar-refractivity contribution is 7.10. The van der Waals surface area contributed by atoms with Gasteiger partial charge in [0.15, 0.2) is 0 Å². The predicted octanol–water partition coefficient (Wildman–Crippen LogP) is 4.04. The maximum atomic E-state index is 6.21. The van der Waals surface area contributed by atoms with E-state index in [1.54, 1.807) is 0 Å². The molecule has 0 aliphatic heterocycles. The molecule has 1 aromatic heterocycles. The van der Waals surface area contributed by atoms with Gasteiger partial charge in [0.2, 0.25) is 0 Å². The number of rotatable bonds is 2. The molecular formula is C12H18ClNS. The highest BCUT2D eigenvalue weighted by Crippen LogP contribution is 2.38. The Bertz CT molecular complexity index is 310. The van der Waals surface area contributed by atoms with Crippen molar-refractivity contribution < 1.29 is 0 Å². The lowest BCUT2D eigenvalue weighted by atomic mass is 9.96. The van der Waals surface area contributed by atoms with Crippen LogP contribution in [0, 0.1) is 0 Å². The first-order valence-electron chi connectivity index (χ1n) is 5.71. The number of hydrogen-bond acceptors (Lipinski definition) is 2. The van der Waals surface area contributed by atoms with E-state index in [1.807, 2.05) is 17.4 Å². The highest BCUT2D eigenvalue weighted by atomic mass is 35.5. The summed E-state index contributed by atoms with van der Waals surface area (Å²) in [4.78, 5) is 1.40. The van der Waals surface area contributed by atoms with Crippen LogP contribution >= 0.6 is 22.9 Å². The van der Waals surface area contributed by atoms with Crippen molar-refractivity contribution in [1.82, 2.24) is 5.32 Å². The second-order valence-corrected chi connectivity index (χ2v) is 5.69. The molecule has 2 rings (SSSR count). The first-order chi connectivity index (χ1) is 7.31. The summed E-state index contributed by atoms with van der Waals surface area (Å²) in [5.41, 5.74) is 0. The van der Waals surface area contributed by atoms with Crippen LogP contribution in [0.5, 0.6) is 0 Å². The third-order valence-electron chi connectivity index (χ3n) is 3.35. The van der Waals surface area contributed by atoms with Crippen LogP contribution in [0.3, 0.4) is 0 Å². The van der Waals surface area contributed by atoms with Crippen LogP contribution in [-0.2, 0) is 0 Å². The summed E-state index contributed by atoms with van der Waals surface area (Å²) in [6, 6.07) is 2.71. The van der Waals surface area contributed by atoms with Crippen LogP contribution in [0.2, 0.25) is 5.02 Å². The molecular weight excluding hydrogens is 226 g/mol. The standard InChI is InChI=1S/C12H18ClNS/c1-14-10-5-3-2-4-9(8-10)12-11(13)6-7-15-12/h6-7,9-10,14H,2-5,8H2,1H3. The molecule has 1 aliphatic rings. The van der Waals surface area contributed by atoms with E-state index in [4.69, 9.17) is 11.6 Å². The van der Waals surface area contributed by atoms with Gasteiger partial charge >= 0.3 is 0 Å². The molecule has 0 saturated heterocycles. The van der Waals surface area contributed by atoms with Gasteiger partial charge in [0.25, 0.3) is 0 Å². The van der Waals surface area contributed by atoms with Crippen LogP contribution in [0.15, 0.2) is 11.4 Å². The van der Waals surface area contributed by atoms with Gasteiger partial charge in [0, 0.05) is 10.9 Å². The van der Waals surface area contributed by atoms with Crippen molar-refractivity contribution >= 4 is 22.9 Å². The van der Waals surface area contributed by atoms with E-state index in [-0.39, 0.29) is 0 Å². The lowest BCUT2D eigenvalue weighted by Crippen LogP contribution is -2.25. The van der Waals surface area contributed by atoms with Crippen LogP contribution in [0.25, 0.3) is 0 Å². The fraction of sp³-hybridized carbons (Fsp3) is 0.667. The second kappa shape index (κ2) is 5.33. The summed E-state index contributed by atoms with van der Waals surface area (Å²) >= 11 is 8.03. The summed E-state index contributed by atoms with van der Waals surface area (Å²) in [6.45, 7) is 0. The Labute approximate surface area is 101 Å². The van der Waals surface area contributed by atoms with Gasteiger partial charge in [-0.15, -0.1) is 11.3 Å². The van der Waals surface area contributed by atoms with Gasteiger partial charge < -0.3 is 5.32 Å². The Morgan fingerprint density at radius 2 is 2.20 bits per heavy atom. The van der Waals surface area contributed by atoms with Crippen molar-refractivity contribution in [3.8, 4) is 0 Å². The fourth-order valence-corrected chi connectivity index (χ4v) is 3.82. The van der Waals surface area contributed by atoms with Crippen molar-refractivity contribution in [1.29, 1.82) is 0 Å². The largest absolute Gasteiger partial charge is 0.317 e. The van der Waals surface area contributed by atoms with Gasteiger partial charge in [-0.05, 0) is 43.7 Å². The lowest BCUT2D eigenvalue weighted by Gasteiger charge is -2.18. The molecule has 0 aromatic carbocycles. The quantitative estimate of drug-likeness (QED) is 0.774. The van der Waals surface area contributed by atoms with Gasteiger partial charge in [-0.1, -0.05) is 24.4 Å². The van der Waals surface area contributed by atoms with Crippen LogP contribution in [0.1, 0.15) is 42.9 Å². The Morgan fingerprint density at radius 1 is 1.40 bits per heavy atom. The Hall–Kier alpha value is -0.0500. The van der Waals surface area contributed by atoms with Gasteiger partial charge in [-0.3, -0.25) is 0 Å². The molecule has 0 bridgehead atoms. The lowest BCUT2D eigenvalue weighted by molar-refractivity contribution is 0.474. The average molecular weight is 244 g/mol. The van der Waals surface area contributed by atoms with Crippen LogP contribution in [0.4, 0.5) is 0 Å². The van der Waals surface area contributed by atoms with Crippen molar-refractivity contribution in [3.63, 3.8) is 0 Å².